The molecule has 1 aromatic carbocycles. The van der Waals surface area contributed by atoms with Crippen LogP contribution >= 0.6 is 24.2 Å². The molecule has 0 radical (unpaired) electrons. The number of carbonyl (C=O) groups is 3. The minimum atomic E-state index is -0.881. The van der Waals surface area contributed by atoms with Crippen LogP contribution in [0.4, 0.5) is 0 Å². The molecule has 0 aliphatic carbocycles. The van der Waals surface area contributed by atoms with E-state index >= 15 is 0 Å². The van der Waals surface area contributed by atoms with Gasteiger partial charge in [-0.1, -0.05) is 42.1 Å². The summed E-state index contributed by atoms with van der Waals surface area (Å²) in [5, 5.41) is 2.54. The molecule has 0 bridgehead atoms. The van der Waals surface area contributed by atoms with Gasteiger partial charge in [0.15, 0.2) is 5.12 Å². The van der Waals surface area contributed by atoms with Crippen LogP contribution in [-0.4, -0.2) is 42.4 Å². The van der Waals surface area contributed by atoms with Crippen molar-refractivity contribution in [3.63, 3.8) is 0 Å². The summed E-state index contributed by atoms with van der Waals surface area (Å²) >= 11 is 1.09. The molecule has 0 fully saturated rings. The average Bonchev–Trinajstić information content (AvgIpc) is 2.56. The van der Waals surface area contributed by atoms with E-state index in [1.807, 2.05) is 30.3 Å². The number of nitrogens with one attached hydrogen (secondary N) is 1. The third-order valence-electron chi connectivity index (χ3n) is 3.22. The number of thioether (sulfide) groups is 1. The predicted molar refractivity (Wildman–Crippen MR) is 97.0 cm³/mol. The molecule has 2 atom stereocenters. The van der Waals surface area contributed by atoms with Gasteiger partial charge in [0, 0.05) is 19.2 Å². The van der Waals surface area contributed by atoms with Crippen LogP contribution < -0.4 is 11.1 Å². The van der Waals surface area contributed by atoms with E-state index in [0.717, 1.165) is 17.3 Å². The molecule has 3 N–H and O–H groups in total. The second-order valence-electron chi connectivity index (χ2n) is 5.01. The zero-order valence-electron chi connectivity index (χ0n) is 13.7. The van der Waals surface area contributed by atoms with E-state index in [1.165, 1.54) is 14.0 Å². The van der Waals surface area contributed by atoms with Crippen LogP contribution in [0, 0.1) is 5.92 Å². The standard InChI is InChI=1S/C16H22N2O4S.ClH/c1-11(19)23-10-13(8-12-6-4-3-5-7-12)15(20)18-14(9-17)16(21)22-2;/h3-7,13-14H,8-10,17H2,1-2H3,(H,18,20);1H. The maximum atomic E-state index is 12.5. The molecule has 24 heavy (non-hydrogen) atoms. The van der Waals surface area contributed by atoms with Crippen LogP contribution in [0.5, 0.6) is 0 Å². The Morgan fingerprint density at radius 3 is 2.38 bits per heavy atom. The highest BCUT2D eigenvalue weighted by Crippen LogP contribution is 2.16. The fourth-order valence-electron chi connectivity index (χ4n) is 1.99. The van der Waals surface area contributed by atoms with Crippen LogP contribution in [0.25, 0.3) is 0 Å². The minimum absolute atomic E-state index is 0. The maximum absolute atomic E-state index is 12.5. The largest absolute Gasteiger partial charge is 0.467 e. The van der Waals surface area contributed by atoms with Gasteiger partial charge < -0.3 is 15.8 Å². The van der Waals surface area contributed by atoms with E-state index in [4.69, 9.17) is 5.73 Å². The fourth-order valence-corrected chi connectivity index (χ4v) is 2.69. The van der Waals surface area contributed by atoms with Gasteiger partial charge in [0.25, 0.3) is 0 Å². The van der Waals surface area contributed by atoms with Gasteiger partial charge >= 0.3 is 5.97 Å². The van der Waals surface area contributed by atoms with E-state index in [-0.39, 0.29) is 30.0 Å². The molecular weight excluding hydrogens is 352 g/mol. The van der Waals surface area contributed by atoms with Gasteiger partial charge in [0.05, 0.1) is 13.0 Å². The summed E-state index contributed by atoms with van der Waals surface area (Å²) in [6.45, 7) is 1.41. The molecule has 0 aliphatic rings. The second kappa shape index (κ2) is 11.9. The average molecular weight is 375 g/mol. The van der Waals surface area contributed by atoms with Crippen molar-refractivity contribution in [3.05, 3.63) is 35.9 Å². The van der Waals surface area contributed by atoms with Crippen molar-refractivity contribution >= 4 is 41.2 Å². The lowest BCUT2D eigenvalue weighted by Crippen LogP contribution is -2.49. The molecule has 8 heteroatoms. The Morgan fingerprint density at radius 2 is 1.88 bits per heavy atom. The number of nitrogens with two attached hydrogens (primary N) is 1. The van der Waals surface area contributed by atoms with Crippen molar-refractivity contribution in [2.24, 2.45) is 11.7 Å². The van der Waals surface area contributed by atoms with Gasteiger partial charge in [-0.2, -0.15) is 0 Å². The van der Waals surface area contributed by atoms with Crippen molar-refractivity contribution in [2.75, 3.05) is 19.4 Å². The normalized spacial score (nSPS) is 12.5. The molecule has 0 aliphatic heterocycles. The Morgan fingerprint density at radius 1 is 1.25 bits per heavy atom. The Balaban J connectivity index is 0.00000529. The number of rotatable bonds is 8. The number of hydrogen-bond donors (Lipinski definition) is 2. The second-order valence-corrected chi connectivity index (χ2v) is 6.21. The van der Waals surface area contributed by atoms with Crippen molar-refractivity contribution in [1.29, 1.82) is 0 Å². The number of benzene rings is 1. The fraction of sp³-hybridized carbons (Fsp3) is 0.438. The summed E-state index contributed by atoms with van der Waals surface area (Å²) in [6.07, 6.45) is 0.478. The molecule has 0 saturated heterocycles. The van der Waals surface area contributed by atoms with Crippen molar-refractivity contribution in [1.82, 2.24) is 5.32 Å². The number of ether oxygens (including phenoxy) is 1. The van der Waals surface area contributed by atoms with Crippen molar-refractivity contribution < 1.29 is 19.1 Å². The Labute approximate surface area is 152 Å². The molecule has 0 spiro atoms. The summed E-state index contributed by atoms with van der Waals surface area (Å²) in [5.41, 5.74) is 6.48. The van der Waals surface area contributed by atoms with E-state index in [9.17, 15) is 14.4 Å². The van der Waals surface area contributed by atoms with Crippen LogP contribution in [0.1, 0.15) is 12.5 Å². The first-order valence-electron chi connectivity index (χ1n) is 7.23. The summed E-state index contributed by atoms with van der Waals surface area (Å²) in [5.74, 6) is -0.999. The van der Waals surface area contributed by atoms with Gasteiger partial charge in [-0.25, -0.2) is 4.79 Å². The van der Waals surface area contributed by atoms with Gasteiger partial charge in [-0.05, 0) is 12.0 Å². The Bertz CT molecular complexity index is 542. The van der Waals surface area contributed by atoms with Gasteiger partial charge in [-0.15, -0.1) is 12.4 Å². The molecule has 134 valence electrons. The Hall–Kier alpha value is -1.57. The first-order valence-corrected chi connectivity index (χ1v) is 8.22. The van der Waals surface area contributed by atoms with Crippen molar-refractivity contribution in [3.8, 4) is 0 Å². The molecule has 0 heterocycles. The zero-order valence-corrected chi connectivity index (χ0v) is 15.3. The lowest BCUT2D eigenvalue weighted by atomic mass is 10.00. The quantitative estimate of drug-likeness (QED) is 0.662. The summed E-state index contributed by atoms with van der Waals surface area (Å²) in [6, 6.07) is 8.62. The van der Waals surface area contributed by atoms with E-state index in [0.29, 0.717) is 12.2 Å². The van der Waals surface area contributed by atoms with Gasteiger partial charge in [-0.3, -0.25) is 9.59 Å². The number of halogens is 1. The summed E-state index contributed by atoms with van der Waals surface area (Å²) < 4.78 is 4.61. The number of methoxy groups -OCH3 is 1. The highest BCUT2D eigenvalue weighted by Gasteiger charge is 2.25. The molecule has 0 saturated carbocycles. The number of hydrogen-bond acceptors (Lipinski definition) is 6. The third-order valence-corrected chi connectivity index (χ3v) is 4.20. The van der Waals surface area contributed by atoms with Crippen LogP contribution in [0.3, 0.4) is 0 Å². The molecule has 2 unspecified atom stereocenters. The molecule has 1 amide bonds. The molecule has 0 aromatic heterocycles. The monoisotopic (exact) mass is 374 g/mol. The molecule has 1 aromatic rings. The minimum Gasteiger partial charge on any atom is -0.467 e. The molecule has 6 nitrogen and oxygen atoms in total. The number of amides is 1. The number of esters is 1. The maximum Gasteiger partial charge on any atom is 0.329 e. The SMILES string of the molecule is COC(=O)C(CN)NC(=O)C(CSC(C)=O)Cc1ccccc1.Cl. The lowest BCUT2D eigenvalue weighted by molar-refractivity contribution is -0.145. The predicted octanol–water partition coefficient (Wildman–Crippen LogP) is 1.16. The van der Waals surface area contributed by atoms with Crippen LogP contribution in [0.2, 0.25) is 0 Å². The number of carbonyl (C=O) groups excluding carboxylic acids is 3. The summed E-state index contributed by atoms with van der Waals surface area (Å²) in [7, 11) is 1.24. The smallest absolute Gasteiger partial charge is 0.329 e. The van der Waals surface area contributed by atoms with Crippen molar-refractivity contribution in [2.45, 2.75) is 19.4 Å². The topological polar surface area (TPSA) is 98.5 Å². The first kappa shape index (κ1) is 22.4. The van der Waals surface area contributed by atoms with Gasteiger partial charge in [0.1, 0.15) is 6.04 Å². The highest BCUT2D eigenvalue weighted by atomic mass is 35.5. The Kier molecular flexibility index (Phi) is 11.1. The molecule has 1 rings (SSSR count). The lowest BCUT2D eigenvalue weighted by Gasteiger charge is -2.20. The van der Waals surface area contributed by atoms with E-state index < -0.39 is 17.9 Å². The summed E-state index contributed by atoms with van der Waals surface area (Å²) in [4.78, 5) is 35.2. The third kappa shape index (κ3) is 7.81. The highest BCUT2D eigenvalue weighted by molar-refractivity contribution is 8.13. The molecular formula is C16H23ClN2O4S. The first-order chi connectivity index (χ1) is 11.0. The van der Waals surface area contributed by atoms with Crippen LogP contribution in [0.15, 0.2) is 30.3 Å². The van der Waals surface area contributed by atoms with Crippen LogP contribution in [-0.2, 0) is 25.5 Å². The van der Waals surface area contributed by atoms with Gasteiger partial charge in [0.2, 0.25) is 5.91 Å². The van der Waals surface area contributed by atoms with E-state index in [1.54, 1.807) is 0 Å². The van der Waals surface area contributed by atoms with E-state index in [2.05, 4.69) is 10.1 Å². The zero-order chi connectivity index (χ0) is 17.2.